The minimum absolute atomic E-state index is 0.186. The number of carbonyl (C=O) groups is 1. The normalized spacial score (nSPS) is 28.1. The van der Waals surface area contributed by atoms with E-state index in [-0.39, 0.29) is 5.91 Å². The number of nitrogens with one attached hydrogen (secondary N) is 1. The Balaban J connectivity index is 2.00. The molecule has 1 unspecified atom stereocenters. The smallest absolute Gasteiger partial charge is 0.362 e. The van der Waals surface area contributed by atoms with Crippen LogP contribution < -0.4 is 5.32 Å². The van der Waals surface area contributed by atoms with Gasteiger partial charge in [0.15, 0.2) is 6.17 Å². The zero-order valence-corrected chi connectivity index (χ0v) is 16.8. The van der Waals surface area contributed by atoms with E-state index in [2.05, 4.69) is 15.5 Å². The van der Waals surface area contributed by atoms with Crippen molar-refractivity contribution in [3.05, 3.63) is 58.4 Å². The van der Waals surface area contributed by atoms with Crippen LogP contribution in [0, 0.1) is 0 Å². The minimum atomic E-state index is -4.47. The molecule has 0 fully saturated rings. The molecule has 1 amide bonds. The van der Waals surface area contributed by atoms with Gasteiger partial charge in [0.05, 0.1) is 22.8 Å². The number of fused-ring (bicyclic) bond motifs is 1. The third-order valence-corrected chi connectivity index (χ3v) is 6.45. The van der Waals surface area contributed by atoms with Crippen molar-refractivity contribution in [3.8, 4) is 0 Å². The molecule has 29 heavy (non-hydrogen) atoms. The largest absolute Gasteiger partial charge is 0.416 e. The van der Waals surface area contributed by atoms with Gasteiger partial charge in [0, 0.05) is 30.3 Å². The van der Waals surface area contributed by atoms with Crippen molar-refractivity contribution < 1.29 is 18.0 Å². The molecule has 0 radical (unpaired) electrons. The second kappa shape index (κ2) is 6.18. The van der Waals surface area contributed by atoms with Crippen LogP contribution in [0.4, 0.5) is 13.2 Å². The van der Waals surface area contributed by atoms with E-state index in [1.165, 1.54) is 6.07 Å². The van der Waals surface area contributed by atoms with Crippen LogP contribution in [-0.2, 0) is 16.4 Å². The number of hydrogen-bond donors (Lipinski definition) is 1. The molecule has 8 heteroatoms. The van der Waals surface area contributed by atoms with Crippen LogP contribution in [0.25, 0.3) is 0 Å². The van der Waals surface area contributed by atoms with Gasteiger partial charge in [-0.15, -0.1) is 0 Å². The average molecular weight is 404 g/mol. The molecule has 3 aliphatic rings. The lowest BCUT2D eigenvalue weighted by Crippen LogP contribution is -2.58. The molecule has 0 saturated heterocycles. The Bertz CT molecular complexity index is 976. The van der Waals surface area contributed by atoms with Crippen LogP contribution >= 0.6 is 0 Å². The molecule has 0 spiro atoms. The molecule has 4 rings (SSSR count). The zero-order chi connectivity index (χ0) is 21.2. The third kappa shape index (κ3) is 2.72. The third-order valence-electron chi connectivity index (χ3n) is 6.45. The quantitative estimate of drug-likeness (QED) is 0.788. The Morgan fingerprint density at radius 2 is 2.03 bits per heavy atom. The van der Waals surface area contributed by atoms with Gasteiger partial charge in [-0.1, -0.05) is 25.1 Å². The van der Waals surface area contributed by atoms with Gasteiger partial charge in [0.2, 0.25) is 0 Å². The zero-order valence-electron chi connectivity index (χ0n) is 16.8. The van der Waals surface area contributed by atoms with Crippen molar-refractivity contribution in [1.29, 1.82) is 0 Å². The number of amides is 1. The van der Waals surface area contributed by atoms with E-state index < -0.39 is 28.9 Å². The molecule has 0 aliphatic carbocycles. The number of halogens is 3. The van der Waals surface area contributed by atoms with E-state index >= 15 is 0 Å². The summed E-state index contributed by atoms with van der Waals surface area (Å²) in [5, 5.41) is 11.6. The number of alkyl halides is 3. The van der Waals surface area contributed by atoms with Gasteiger partial charge in [-0.3, -0.25) is 4.79 Å². The van der Waals surface area contributed by atoms with Crippen LogP contribution in [0.3, 0.4) is 0 Å². The molecular weight excluding hydrogens is 381 g/mol. The molecule has 1 aromatic rings. The summed E-state index contributed by atoms with van der Waals surface area (Å²) in [5.74, 6) is -0.186. The van der Waals surface area contributed by atoms with Gasteiger partial charge in [-0.05, 0) is 31.9 Å². The summed E-state index contributed by atoms with van der Waals surface area (Å²) in [6, 6.07) is 5.27. The van der Waals surface area contributed by atoms with E-state index in [1.54, 1.807) is 24.2 Å². The standard InChI is InChI=1S/C21H23F3N4O/c1-5-20(12-7-6-8-13(9-12)21(22,23)24)14-11-25-27-17(14)26-15-10-19(2,3)28(4)18(29)16(15)20/h6-9,11,17,26H,5,10H2,1-4H3/t17?,20-/m0/s1. The highest BCUT2D eigenvalue weighted by molar-refractivity contribution is 6.00. The van der Waals surface area contributed by atoms with E-state index in [0.717, 1.165) is 17.8 Å². The number of hydrogen-bond acceptors (Lipinski definition) is 4. The Kier molecular flexibility index (Phi) is 4.19. The van der Waals surface area contributed by atoms with E-state index in [1.807, 2.05) is 20.8 Å². The lowest BCUT2D eigenvalue weighted by molar-refractivity contribution is -0.137. The van der Waals surface area contributed by atoms with Crippen LogP contribution in [0.1, 0.15) is 44.7 Å². The first kappa shape index (κ1) is 19.7. The van der Waals surface area contributed by atoms with Crippen molar-refractivity contribution in [2.75, 3.05) is 7.05 Å². The summed E-state index contributed by atoms with van der Waals surface area (Å²) < 4.78 is 40.4. The maximum Gasteiger partial charge on any atom is 0.416 e. The molecule has 3 heterocycles. The molecule has 0 saturated carbocycles. The van der Waals surface area contributed by atoms with E-state index in [9.17, 15) is 18.0 Å². The Labute approximate surface area is 167 Å². The monoisotopic (exact) mass is 404 g/mol. The molecule has 0 aromatic heterocycles. The van der Waals surface area contributed by atoms with Crippen LogP contribution in [0.2, 0.25) is 0 Å². The summed E-state index contributed by atoms with van der Waals surface area (Å²) in [4.78, 5) is 15.2. The SMILES string of the molecule is CC[C@]1(c2cccc(C(F)(F)F)c2)C2=CN=NC2NC2=C1C(=O)N(C)C(C)(C)C2. The fourth-order valence-electron chi connectivity index (χ4n) is 4.69. The van der Waals surface area contributed by atoms with Gasteiger partial charge < -0.3 is 10.2 Å². The summed E-state index contributed by atoms with van der Waals surface area (Å²) >= 11 is 0. The maximum absolute atomic E-state index is 13.5. The van der Waals surface area contributed by atoms with Gasteiger partial charge in [0.1, 0.15) is 0 Å². The van der Waals surface area contributed by atoms with E-state index in [4.69, 9.17) is 0 Å². The molecule has 1 aromatic carbocycles. The second-order valence-electron chi connectivity index (χ2n) is 8.41. The Hall–Kier alpha value is -2.64. The van der Waals surface area contributed by atoms with E-state index in [0.29, 0.717) is 29.6 Å². The van der Waals surface area contributed by atoms with Crippen molar-refractivity contribution in [1.82, 2.24) is 10.2 Å². The Morgan fingerprint density at radius 1 is 1.31 bits per heavy atom. The van der Waals surface area contributed by atoms with Crippen LogP contribution in [0.15, 0.2) is 57.5 Å². The highest BCUT2D eigenvalue weighted by atomic mass is 19.4. The fraction of sp³-hybridized carbons (Fsp3) is 0.476. The summed E-state index contributed by atoms with van der Waals surface area (Å²) in [6.07, 6.45) is -2.39. The highest BCUT2D eigenvalue weighted by Gasteiger charge is 2.54. The lowest BCUT2D eigenvalue weighted by Gasteiger charge is -2.51. The molecule has 154 valence electrons. The number of carbonyl (C=O) groups excluding carboxylic acids is 1. The van der Waals surface area contributed by atoms with Crippen molar-refractivity contribution in [3.63, 3.8) is 0 Å². The summed E-state index contributed by atoms with van der Waals surface area (Å²) in [5.41, 5.74) is 0.208. The van der Waals surface area contributed by atoms with Gasteiger partial charge in [-0.2, -0.15) is 23.4 Å². The highest BCUT2D eigenvalue weighted by Crippen LogP contribution is 2.52. The number of benzene rings is 1. The maximum atomic E-state index is 13.5. The van der Waals surface area contributed by atoms with Gasteiger partial charge in [0.25, 0.3) is 5.91 Å². The molecule has 0 bridgehead atoms. The molecular formula is C21H23F3N4O. The average Bonchev–Trinajstić information content (AvgIpc) is 3.12. The van der Waals surface area contributed by atoms with Crippen molar-refractivity contribution in [2.24, 2.45) is 10.2 Å². The number of nitrogens with zero attached hydrogens (tertiary/aromatic N) is 3. The number of rotatable bonds is 2. The summed E-state index contributed by atoms with van der Waals surface area (Å²) in [7, 11) is 1.74. The topological polar surface area (TPSA) is 57.1 Å². The van der Waals surface area contributed by atoms with Crippen LogP contribution in [0.5, 0.6) is 0 Å². The predicted molar refractivity (Wildman–Crippen MR) is 102 cm³/mol. The predicted octanol–water partition coefficient (Wildman–Crippen LogP) is 4.53. The van der Waals surface area contributed by atoms with Crippen molar-refractivity contribution >= 4 is 5.91 Å². The minimum Gasteiger partial charge on any atom is -0.362 e. The van der Waals surface area contributed by atoms with Gasteiger partial charge >= 0.3 is 6.18 Å². The first-order valence-corrected chi connectivity index (χ1v) is 9.59. The lowest BCUT2D eigenvalue weighted by atomic mass is 9.61. The van der Waals surface area contributed by atoms with Gasteiger partial charge in [-0.25, -0.2) is 0 Å². The fourth-order valence-corrected chi connectivity index (χ4v) is 4.69. The molecule has 3 aliphatic heterocycles. The second-order valence-corrected chi connectivity index (χ2v) is 8.41. The van der Waals surface area contributed by atoms with Crippen LogP contribution in [-0.4, -0.2) is 29.6 Å². The molecule has 5 nitrogen and oxygen atoms in total. The first-order valence-electron chi connectivity index (χ1n) is 9.59. The molecule has 2 atom stereocenters. The number of likely N-dealkylation sites (N-methyl/N-ethyl adjacent to an activating group) is 1. The molecule has 1 N–H and O–H groups in total. The van der Waals surface area contributed by atoms with Crippen molar-refractivity contribution in [2.45, 2.75) is 56.9 Å². The number of azo groups is 1. The first-order chi connectivity index (χ1) is 13.5. The summed E-state index contributed by atoms with van der Waals surface area (Å²) in [6.45, 7) is 5.82. The Morgan fingerprint density at radius 3 is 2.69 bits per heavy atom.